The van der Waals surface area contributed by atoms with Gasteiger partial charge in [-0.1, -0.05) is 13.0 Å². The highest BCUT2D eigenvalue weighted by Crippen LogP contribution is 2.17. The van der Waals surface area contributed by atoms with Crippen molar-refractivity contribution in [1.82, 2.24) is 5.32 Å². The fourth-order valence-corrected chi connectivity index (χ4v) is 1.35. The standard InChI is InChI=1S/C13H19FN2O2/c1-3-9(2)16-13(17)8-18-12-5-4-10(7-15)6-11(12)14/h4-6,9H,3,7-8,15H2,1-2H3,(H,16,17). The van der Waals surface area contributed by atoms with Gasteiger partial charge in [0.05, 0.1) is 0 Å². The van der Waals surface area contributed by atoms with Gasteiger partial charge in [0.15, 0.2) is 18.2 Å². The van der Waals surface area contributed by atoms with E-state index in [1.807, 2.05) is 13.8 Å². The average Bonchev–Trinajstić information content (AvgIpc) is 2.36. The van der Waals surface area contributed by atoms with Crippen LogP contribution in [0.2, 0.25) is 0 Å². The second-order valence-electron chi connectivity index (χ2n) is 4.13. The first-order chi connectivity index (χ1) is 8.56. The number of nitrogens with one attached hydrogen (secondary N) is 1. The van der Waals surface area contributed by atoms with Gasteiger partial charge in [0.2, 0.25) is 0 Å². The summed E-state index contributed by atoms with van der Waals surface area (Å²) in [7, 11) is 0. The summed E-state index contributed by atoms with van der Waals surface area (Å²) in [4.78, 5) is 11.4. The van der Waals surface area contributed by atoms with Gasteiger partial charge < -0.3 is 15.8 Å². The van der Waals surface area contributed by atoms with Crippen LogP contribution < -0.4 is 15.8 Å². The average molecular weight is 254 g/mol. The molecule has 0 aromatic heterocycles. The Bertz CT molecular complexity index is 410. The molecule has 0 aliphatic rings. The van der Waals surface area contributed by atoms with Gasteiger partial charge in [-0.3, -0.25) is 4.79 Å². The van der Waals surface area contributed by atoms with Crippen LogP contribution in [0.3, 0.4) is 0 Å². The molecule has 0 aliphatic carbocycles. The number of nitrogens with two attached hydrogens (primary N) is 1. The minimum absolute atomic E-state index is 0.0616. The first-order valence-electron chi connectivity index (χ1n) is 5.97. The number of rotatable bonds is 6. The van der Waals surface area contributed by atoms with E-state index in [-0.39, 0.29) is 30.9 Å². The number of hydrogen-bond acceptors (Lipinski definition) is 3. The van der Waals surface area contributed by atoms with E-state index in [1.165, 1.54) is 12.1 Å². The minimum Gasteiger partial charge on any atom is -0.481 e. The molecule has 0 spiro atoms. The van der Waals surface area contributed by atoms with Crippen molar-refractivity contribution in [3.05, 3.63) is 29.6 Å². The van der Waals surface area contributed by atoms with E-state index in [9.17, 15) is 9.18 Å². The largest absolute Gasteiger partial charge is 0.481 e. The molecule has 1 aromatic rings. The van der Waals surface area contributed by atoms with E-state index < -0.39 is 5.82 Å². The number of carbonyl (C=O) groups is 1. The molecule has 18 heavy (non-hydrogen) atoms. The Labute approximate surface area is 106 Å². The molecular weight excluding hydrogens is 235 g/mol. The summed E-state index contributed by atoms with van der Waals surface area (Å²) in [5, 5.41) is 2.74. The Morgan fingerprint density at radius 2 is 2.28 bits per heavy atom. The first-order valence-corrected chi connectivity index (χ1v) is 5.97. The lowest BCUT2D eigenvalue weighted by Crippen LogP contribution is -2.35. The maximum Gasteiger partial charge on any atom is 0.258 e. The normalized spacial score (nSPS) is 12.0. The van der Waals surface area contributed by atoms with Gasteiger partial charge in [-0.25, -0.2) is 4.39 Å². The van der Waals surface area contributed by atoms with E-state index in [0.29, 0.717) is 5.56 Å². The number of halogens is 1. The molecule has 1 unspecified atom stereocenters. The lowest BCUT2D eigenvalue weighted by Gasteiger charge is -2.12. The molecule has 0 fully saturated rings. The van der Waals surface area contributed by atoms with E-state index in [2.05, 4.69) is 5.32 Å². The zero-order valence-electron chi connectivity index (χ0n) is 10.7. The predicted molar refractivity (Wildman–Crippen MR) is 67.7 cm³/mol. The summed E-state index contributed by atoms with van der Waals surface area (Å²) < 4.78 is 18.6. The van der Waals surface area contributed by atoms with Gasteiger partial charge in [-0.15, -0.1) is 0 Å². The molecule has 0 saturated carbocycles. The van der Waals surface area contributed by atoms with Crippen LogP contribution in [0.25, 0.3) is 0 Å². The number of hydrogen-bond donors (Lipinski definition) is 2. The van der Waals surface area contributed by atoms with Crippen LogP contribution in [-0.4, -0.2) is 18.6 Å². The van der Waals surface area contributed by atoms with Crippen molar-refractivity contribution in [3.8, 4) is 5.75 Å². The Balaban J connectivity index is 2.51. The highest BCUT2D eigenvalue weighted by molar-refractivity contribution is 5.77. The zero-order chi connectivity index (χ0) is 13.5. The number of benzene rings is 1. The highest BCUT2D eigenvalue weighted by Gasteiger charge is 2.09. The maximum atomic E-state index is 13.5. The van der Waals surface area contributed by atoms with Gasteiger partial charge in [-0.05, 0) is 31.0 Å². The summed E-state index contributed by atoms with van der Waals surface area (Å²) in [5.74, 6) is -0.701. The van der Waals surface area contributed by atoms with Gasteiger partial charge in [0.25, 0.3) is 5.91 Å². The minimum atomic E-state index is -0.505. The zero-order valence-corrected chi connectivity index (χ0v) is 10.7. The van der Waals surface area contributed by atoms with Crippen molar-refractivity contribution in [1.29, 1.82) is 0 Å². The summed E-state index contributed by atoms with van der Waals surface area (Å²) in [6, 6.07) is 4.55. The van der Waals surface area contributed by atoms with Crippen molar-refractivity contribution in [2.75, 3.05) is 6.61 Å². The topological polar surface area (TPSA) is 64.3 Å². The molecule has 4 nitrogen and oxygen atoms in total. The molecule has 0 radical (unpaired) electrons. The summed E-state index contributed by atoms with van der Waals surface area (Å²) in [6.45, 7) is 3.94. The Morgan fingerprint density at radius 1 is 1.56 bits per heavy atom. The smallest absolute Gasteiger partial charge is 0.258 e. The Morgan fingerprint density at radius 3 is 2.83 bits per heavy atom. The SMILES string of the molecule is CCC(C)NC(=O)COc1ccc(CN)cc1F. The molecule has 1 aromatic carbocycles. The third-order valence-electron chi connectivity index (χ3n) is 2.61. The van der Waals surface area contributed by atoms with Crippen molar-refractivity contribution in [3.63, 3.8) is 0 Å². The Hall–Kier alpha value is -1.62. The summed E-state index contributed by atoms with van der Waals surface area (Å²) in [6.07, 6.45) is 0.839. The van der Waals surface area contributed by atoms with Gasteiger partial charge >= 0.3 is 0 Å². The molecule has 0 aliphatic heterocycles. The molecule has 0 saturated heterocycles. The van der Waals surface area contributed by atoms with Crippen LogP contribution in [-0.2, 0) is 11.3 Å². The van der Waals surface area contributed by atoms with Gasteiger partial charge in [0, 0.05) is 12.6 Å². The van der Waals surface area contributed by atoms with E-state index in [0.717, 1.165) is 6.42 Å². The lowest BCUT2D eigenvalue weighted by molar-refractivity contribution is -0.123. The molecule has 0 heterocycles. The molecule has 1 amide bonds. The van der Waals surface area contributed by atoms with Crippen LogP contribution in [0, 0.1) is 5.82 Å². The molecule has 100 valence electrons. The predicted octanol–water partition coefficient (Wildman–Crippen LogP) is 1.58. The van der Waals surface area contributed by atoms with E-state index in [4.69, 9.17) is 10.5 Å². The second-order valence-corrected chi connectivity index (χ2v) is 4.13. The number of carbonyl (C=O) groups excluding carboxylic acids is 1. The third kappa shape index (κ3) is 4.33. The quantitative estimate of drug-likeness (QED) is 0.810. The van der Waals surface area contributed by atoms with E-state index >= 15 is 0 Å². The Kier molecular flexibility index (Phi) is 5.58. The monoisotopic (exact) mass is 254 g/mol. The van der Waals surface area contributed by atoms with Crippen molar-refractivity contribution >= 4 is 5.91 Å². The summed E-state index contributed by atoms with van der Waals surface area (Å²) in [5.41, 5.74) is 6.07. The van der Waals surface area contributed by atoms with Crippen LogP contribution in [0.4, 0.5) is 4.39 Å². The lowest BCUT2D eigenvalue weighted by atomic mass is 10.2. The van der Waals surface area contributed by atoms with Crippen LogP contribution >= 0.6 is 0 Å². The third-order valence-corrected chi connectivity index (χ3v) is 2.61. The van der Waals surface area contributed by atoms with Crippen LogP contribution in [0.1, 0.15) is 25.8 Å². The summed E-state index contributed by atoms with van der Waals surface area (Å²) >= 11 is 0. The number of amides is 1. The molecule has 0 bridgehead atoms. The molecule has 1 rings (SSSR count). The van der Waals surface area contributed by atoms with Crippen molar-refractivity contribution < 1.29 is 13.9 Å². The van der Waals surface area contributed by atoms with E-state index in [1.54, 1.807) is 6.07 Å². The maximum absolute atomic E-state index is 13.5. The van der Waals surface area contributed by atoms with Gasteiger partial charge in [0.1, 0.15) is 0 Å². The fraction of sp³-hybridized carbons (Fsp3) is 0.462. The van der Waals surface area contributed by atoms with Crippen molar-refractivity contribution in [2.24, 2.45) is 5.73 Å². The molecule has 1 atom stereocenters. The highest BCUT2D eigenvalue weighted by atomic mass is 19.1. The van der Waals surface area contributed by atoms with Crippen LogP contribution in [0.5, 0.6) is 5.75 Å². The first kappa shape index (κ1) is 14.4. The molecule has 5 heteroatoms. The molecule has 3 N–H and O–H groups in total. The van der Waals surface area contributed by atoms with Gasteiger partial charge in [-0.2, -0.15) is 0 Å². The fourth-order valence-electron chi connectivity index (χ4n) is 1.35. The second kappa shape index (κ2) is 6.96. The number of ether oxygens (including phenoxy) is 1. The van der Waals surface area contributed by atoms with Crippen LogP contribution in [0.15, 0.2) is 18.2 Å². The van der Waals surface area contributed by atoms with Crippen molar-refractivity contribution in [2.45, 2.75) is 32.9 Å². The molecular formula is C13H19FN2O2.